The van der Waals surface area contributed by atoms with Crippen LogP contribution in [-0.2, 0) is 19.1 Å². The molecule has 1 aliphatic heterocycles. The topological polar surface area (TPSA) is 64.6 Å². The highest BCUT2D eigenvalue weighted by molar-refractivity contribution is 5.83. The quantitative estimate of drug-likeness (QED) is 0.821. The molecule has 1 N–H and O–H groups in total. The summed E-state index contributed by atoms with van der Waals surface area (Å²) < 4.78 is 9.58. The molecule has 1 fully saturated rings. The zero-order valence-electron chi connectivity index (χ0n) is 11.0. The molecule has 0 aromatic heterocycles. The van der Waals surface area contributed by atoms with Crippen LogP contribution in [0.3, 0.4) is 0 Å². The lowest BCUT2D eigenvalue weighted by atomic mass is 9.87. The first kappa shape index (κ1) is 13.5. The number of ether oxygens (including phenoxy) is 2. The molecule has 0 unspecified atom stereocenters. The largest absolute Gasteiger partial charge is 0.469 e. The van der Waals surface area contributed by atoms with Gasteiger partial charge in [-0.25, -0.2) is 0 Å². The molecule has 3 atom stereocenters. The molecule has 0 spiro atoms. The van der Waals surface area contributed by atoms with E-state index < -0.39 is 17.8 Å². The number of carbonyl (C=O) groups is 2. The maximum atomic E-state index is 12.0. The van der Waals surface area contributed by atoms with Gasteiger partial charge in [0.15, 0.2) is 0 Å². The van der Waals surface area contributed by atoms with Gasteiger partial charge in [-0.2, -0.15) is 0 Å². The molecule has 1 heterocycles. The molecule has 5 nitrogen and oxygen atoms in total. The number of esters is 2. The number of hydrogen-bond donors (Lipinski definition) is 1. The monoisotopic (exact) mass is 263 g/mol. The average molecular weight is 263 g/mol. The Morgan fingerprint density at radius 1 is 1.11 bits per heavy atom. The summed E-state index contributed by atoms with van der Waals surface area (Å²) in [6.07, 6.45) is 0. The fourth-order valence-electron chi connectivity index (χ4n) is 2.54. The van der Waals surface area contributed by atoms with E-state index >= 15 is 0 Å². The summed E-state index contributed by atoms with van der Waals surface area (Å²) in [5, 5.41) is 3.20. The van der Waals surface area contributed by atoms with E-state index in [1.807, 2.05) is 30.3 Å². The van der Waals surface area contributed by atoms with Gasteiger partial charge in [0.2, 0.25) is 0 Å². The van der Waals surface area contributed by atoms with Crippen molar-refractivity contribution < 1.29 is 19.1 Å². The van der Waals surface area contributed by atoms with Crippen molar-refractivity contribution >= 4 is 11.9 Å². The SMILES string of the molecule is COC(=O)[C@H]1[C@@H](c2ccccc2)NC[C@H]1C(=O)OC. The molecule has 0 bridgehead atoms. The minimum absolute atomic E-state index is 0.224. The Labute approximate surface area is 111 Å². The molecule has 102 valence electrons. The van der Waals surface area contributed by atoms with Gasteiger partial charge in [0.1, 0.15) is 0 Å². The molecule has 19 heavy (non-hydrogen) atoms. The summed E-state index contributed by atoms with van der Waals surface area (Å²) in [5.74, 6) is -1.85. The van der Waals surface area contributed by atoms with Crippen LogP contribution in [0.1, 0.15) is 11.6 Å². The van der Waals surface area contributed by atoms with Gasteiger partial charge in [-0.15, -0.1) is 0 Å². The lowest BCUT2D eigenvalue weighted by Crippen LogP contribution is -2.31. The van der Waals surface area contributed by atoms with Crippen molar-refractivity contribution in [2.45, 2.75) is 6.04 Å². The second kappa shape index (κ2) is 5.84. The summed E-state index contributed by atoms with van der Waals surface area (Å²) in [4.78, 5) is 23.7. The number of methoxy groups -OCH3 is 2. The van der Waals surface area contributed by atoms with Crippen molar-refractivity contribution in [3.05, 3.63) is 35.9 Å². The predicted octanol–water partition coefficient (Wildman–Crippen LogP) is 0.909. The van der Waals surface area contributed by atoms with Crippen LogP contribution in [0.25, 0.3) is 0 Å². The van der Waals surface area contributed by atoms with Crippen LogP contribution in [0, 0.1) is 11.8 Å². The van der Waals surface area contributed by atoms with Gasteiger partial charge in [0, 0.05) is 12.6 Å². The normalized spacial score (nSPS) is 25.9. The van der Waals surface area contributed by atoms with Crippen LogP contribution in [0.2, 0.25) is 0 Å². The van der Waals surface area contributed by atoms with Gasteiger partial charge < -0.3 is 14.8 Å². The first-order valence-electron chi connectivity index (χ1n) is 6.13. The molecule has 1 saturated heterocycles. The molecular formula is C14H17NO4. The standard InChI is InChI=1S/C14H17NO4/c1-18-13(16)10-8-15-12(11(10)14(17)19-2)9-6-4-3-5-7-9/h3-7,10-12,15H,8H2,1-2H3/t10-,11-,12-/m1/s1. The number of hydrogen-bond acceptors (Lipinski definition) is 5. The molecule has 1 aliphatic rings. The van der Waals surface area contributed by atoms with Crippen molar-refractivity contribution in [3.63, 3.8) is 0 Å². The number of rotatable bonds is 3. The van der Waals surface area contributed by atoms with Gasteiger partial charge in [-0.05, 0) is 5.56 Å². The van der Waals surface area contributed by atoms with Gasteiger partial charge in [-0.3, -0.25) is 9.59 Å². The van der Waals surface area contributed by atoms with E-state index in [-0.39, 0.29) is 12.0 Å². The third-order valence-electron chi connectivity index (χ3n) is 3.49. The molecule has 0 radical (unpaired) electrons. The van der Waals surface area contributed by atoms with Crippen LogP contribution in [0.5, 0.6) is 0 Å². The molecule has 0 aliphatic carbocycles. The lowest BCUT2D eigenvalue weighted by Gasteiger charge is -2.20. The van der Waals surface area contributed by atoms with Crippen LogP contribution in [-0.4, -0.2) is 32.7 Å². The molecule has 5 heteroatoms. The number of benzene rings is 1. The first-order valence-corrected chi connectivity index (χ1v) is 6.13. The minimum atomic E-state index is -0.556. The highest BCUT2D eigenvalue weighted by Gasteiger charge is 2.46. The highest BCUT2D eigenvalue weighted by Crippen LogP contribution is 2.35. The van der Waals surface area contributed by atoms with Crippen LogP contribution in [0.15, 0.2) is 30.3 Å². The molecular weight excluding hydrogens is 246 g/mol. The van der Waals surface area contributed by atoms with Crippen molar-refractivity contribution in [3.8, 4) is 0 Å². The molecule has 1 aromatic rings. The van der Waals surface area contributed by atoms with E-state index in [1.165, 1.54) is 14.2 Å². The smallest absolute Gasteiger partial charge is 0.311 e. The van der Waals surface area contributed by atoms with E-state index in [9.17, 15) is 9.59 Å². The second-order valence-corrected chi connectivity index (χ2v) is 4.48. The Morgan fingerprint density at radius 2 is 1.74 bits per heavy atom. The fraction of sp³-hybridized carbons (Fsp3) is 0.429. The van der Waals surface area contributed by atoms with Crippen molar-refractivity contribution in [1.29, 1.82) is 0 Å². The van der Waals surface area contributed by atoms with Crippen molar-refractivity contribution in [2.24, 2.45) is 11.8 Å². The Kier molecular flexibility index (Phi) is 4.16. The van der Waals surface area contributed by atoms with Gasteiger partial charge in [-0.1, -0.05) is 30.3 Å². The van der Waals surface area contributed by atoms with E-state index in [2.05, 4.69) is 5.32 Å². The number of carbonyl (C=O) groups excluding carboxylic acids is 2. The molecule has 2 rings (SSSR count). The van der Waals surface area contributed by atoms with E-state index in [1.54, 1.807) is 0 Å². The summed E-state index contributed by atoms with van der Waals surface area (Å²) in [7, 11) is 2.66. The predicted molar refractivity (Wildman–Crippen MR) is 68.2 cm³/mol. The second-order valence-electron chi connectivity index (χ2n) is 4.48. The van der Waals surface area contributed by atoms with Gasteiger partial charge in [0.05, 0.1) is 26.1 Å². The van der Waals surface area contributed by atoms with Crippen molar-refractivity contribution in [2.75, 3.05) is 20.8 Å². The number of nitrogens with one attached hydrogen (secondary N) is 1. The maximum absolute atomic E-state index is 12.0. The van der Waals surface area contributed by atoms with Crippen LogP contribution >= 0.6 is 0 Å². The third kappa shape index (κ3) is 2.61. The molecule has 0 amide bonds. The van der Waals surface area contributed by atoms with Gasteiger partial charge in [0.25, 0.3) is 0 Å². The fourth-order valence-corrected chi connectivity index (χ4v) is 2.54. The van der Waals surface area contributed by atoms with Gasteiger partial charge >= 0.3 is 11.9 Å². The Hall–Kier alpha value is -1.88. The zero-order chi connectivity index (χ0) is 13.8. The summed E-state index contributed by atoms with van der Waals surface area (Å²) in [6, 6.07) is 9.33. The Bertz CT molecular complexity index is 460. The Morgan fingerprint density at radius 3 is 2.32 bits per heavy atom. The van der Waals surface area contributed by atoms with Crippen LogP contribution < -0.4 is 5.32 Å². The third-order valence-corrected chi connectivity index (χ3v) is 3.49. The maximum Gasteiger partial charge on any atom is 0.311 e. The zero-order valence-corrected chi connectivity index (χ0v) is 11.0. The summed E-state index contributed by atoms with van der Waals surface area (Å²) >= 11 is 0. The van der Waals surface area contributed by atoms with Crippen LogP contribution in [0.4, 0.5) is 0 Å². The minimum Gasteiger partial charge on any atom is -0.469 e. The Balaban J connectivity index is 2.29. The molecule has 0 saturated carbocycles. The van der Waals surface area contributed by atoms with Crippen molar-refractivity contribution in [1.82, 2.24) is 5.32 Å². The summed E-state index contributed by atoms with van der Waals surface area (Å²) in [6.45, 7) is 0.409. The summed E-state index contributed by atoms with van der Waals surface area (Å²) in [5.41, 5.74) is 0.962. The van der Waals surface area contributed by atoms with E-state index in [0.717, 1.165) is 5.56 Å². The highest BCUT2D eigenvalue weighted by atomic mass is 16.5. The lowest BCUT2D eigenvalue weighted by molar-refractivity contribution is -0.156. The average Bonchev–Trinajstić information content (AvgIpc) is 2.91. The van der Waals surface area contributed by atoms with E-state index in [0.29, 0.717) is 6.54 Å². The molecule has 1 aromatic carbocycles. The van der Waals surface area contributed by atoms with E-state index in [4.69, 9.17) is 9.47 Å². The first-order chi connectivity index (χ1) is 9.19.